The highest BCUT2D eigenvalue weighted by Crippen LogP contribution is 2.14. The van der Waals surface area contributed by atoms with E-state index in [4.69, 9.17) is 9.84 Å². The van der Waals surface area contributed by atoms with E-state index < -0.39 is 18.0 Å². The van der Waals surface area contributed by atoms with E-state index in [2.05, 4.69) is 29.2 Å². The normalized spacial score (nSPS) is 11.7. The van der Waals surface area contributed by atoms with E-state index in [1.807, 2.05) is 30.3 Å². The van der Waals surface area contributed by atoms with Gasteiger partial charge >= 0.3 is 11.9 Å². The maximum Gasteiger partial charge on any atom is 0.336 e. The van der Waals surface area contributed by atoms with Gasteiger partial charge in [-0.15, -0.1) is 6.58 Å². The number of aliphatic hydroxyl groups is 1. The molecule has 6 nitrogen and oxygen atoms in total. The van der Waals surface area contributed by atoms with E-state index in [9.17, 15) is 9.59 Å². The highest BCUT2D eigenvalue weighted by Gasteiger charge is 2.16. The van der Waals surface area contributed by atoms with Crippen LogP contribution in [0, 0.1) is 0 Å². The van der Waals surface area contributed by atoms with Crippen LogP contribution < -0.4 is 4.74 Å². The molecule has 136 valence electrons. The Morgan fingerprint density at radius 1 is 1.04 bits per heavy atom. The topological polar surface area (TPSA) is 82.1 Å². The Labute approximate surface area is 148 Å². The lowest BCUT2D eigenvalue weighted by Crippen LogP contribution is -2.21. The third kappa shape index (κ3) is 7.99. The zero-order valence-corrected chi connectivity index (χ0v) is 14.7. The minimum atomic E-state index is -1.01. The minimum absolute atomic E-state index is 0.00231. The molecule has 0 bridgehead atoms. The molecule has 0 heterocycles. The van der Waals surface area contributed by atoms with Crippen molar-refractivity contribution >= 4 is 11.9 Å². The van der Waals surface area contributed by atoms with Gasteiger partial charge in [0.2, 0.25) is 0 Å². The molecule has 25 heavy (non-hydrogen) atoms. The van der Waals surface area contributed by atoms with Gasteiger partial charge in [-0.1, -0.05) is 37.4 Å². The molecule has 0 radical (unpaired) electrons. The van der Waals surface area contributed by atoms with Crippen molar-refractivity contribution in [3.8, 4) is 5.75 Å². The Balaban J connectivity index is 0.000000504. The molecule has 1 aromatic rings. The molecular formula is C19H24O6. The molecule has 0 spiro atoms. The predicted octanol–water partition coefficient (Wildman–Crippen LogP) is 2.45. The van der Waals surface area contributed by atoms with Gasteiger partial charge in [0.05, 0.1) is 25.4 Å². The summed E-state index contributed by atoms with van der Waals surface area (Å²) < 4.78 is 14.3. The Morgan fingerprint density at radius 3 is 1.96 bits per heavy atom. The van der Waals surface area contributed by atoms with Crippen molar-refractivity contribution in [1.82, 2.24) is 0 Å². The first-order valence-corrected chi connectivity index (χ1v) is 7.35. The average molecular weight is 348 g/mol. The molecule has 2 unspecified atom stereocenters. The highest BCUT2D eigenvalue weighted by atomic mass is 16.5. The molecule has 1 rings (SSSR count). The molecule has 0 aromatic heterocycles. The summed E-state index contributed by atoms with van der Waals surface area (Å²) in [5.74, 6) is -0.360. The summed E-state index contributed by atoms with van der Waals surface area (Å²) in [7, 11) is 2.55. The van der Waals surface area contributed by atoms with Gasteiger partial charge in [0.15, 0.2) is 0 Å². The van der Waals surface area contributed by atoms with E-state index >= 15 is 0 Å². The van der Waals surface area contributed by atoms with Crippen molar-refractivity contribution in [2.24, 2.45) is 0 Å². The highest BCUT2D eigenvalue weighted by molar-refractivity contribution is 5.89. The SMILES string of the molecule is C=C(C(=O)OC)C(C)Oc1ccccc1.C=CC(O)C(=C)C(=O)OC. The van der Waals surface area contributed by atoms with Gasteiger partial charge in [-0.25, -0.2) is 9.59 Å². The molecule has 6 heteroatoms. The number of hydrogen-bond donors (Lipinski definition) is 1. The maximum absolute atomic E-state index is 11.1. The fraction of sp³-hybridized carbons (Fsp3) is 0.263. The quantitative estimate of drug-likeness (QED) is 0.463. The van der Waals surface area contributed by atoms with Crippen molar-refractivity contribution in [2.45, 2.75) is 19.1 Å². The number of rotatable bonds is 7. The molecule has 1 N–H and O–H groups in total. The van der Waals surface area contributed by atoms with Crippen LogP contribution in [0.25, 0.3) is 0 Å². The summed E-state index contributed by atoms with van der Waals surface area (Å²) in [6, 6.07) is 9.26. The first-order valence-electron chi connectivity index (χ1n) is 7.35. The van der Waals surface area contributed by atoms with Gasteiger partial charge in [0, 0.05) is 0 Å². The fourth-order valence-electron chi connectivity index (χ4n) is 1.47. The summed E-state index contributed by atoms with van der Waals surface area (Å²) in [4.78, 5) is 21.7. The van der Waals surface area contributed by atoms with Gasteiger partial charge in [-0.2, -0.15) is 0 Å². The summed E-state index contributed by atoms with van der Waals surface area (Å²) in [5, 5.41) is 8.91. The van der Waals surface area contributed by atoms with Crippen LogP contribution in [-0.4, -0.2) is 43.5 Å². The van der Waals surface area contributed by atoms with Crippen molar-refractivity contribution in [3.05, 3.63) is 67.3 Å². The third-order valence-electron chi connectivity index (χ3n) is 3.02. The Kier molecular flexibility index (Phi) is 10.3. The maximum atomic E-state index is 11.1. The Hall–Kier alpha value is -2.86. The smallest absolute Gasteiger partial charge is 0.336 e. The number of para-hydroxylation sites is 1. The molecule has 1 aromatic carbocycles. The van der Waals surface area contributed by atoms with Crippen LogP contribution in [0.4, 0.5) is 0 Å². The van der Waals surface area contributed by atoms with Gasteiger partial charge < -0.3 is 19.3 Å². The minimum Gasteiger partial charge on any atom is -0.486 e. The molecule has 0 saturated carbocycles. The van der Waals surface area contributed by atoms with Crippen LogP contribution in [0.5, 0.6) is 5.75 Å². The van der Waals surface area contributed by atoms with Crippen molar-refractivity contribution in [3.63, 3.8) is 0 Å². The monoisotopic (exact) mass is 348 g/mol. The summed E-state index contributed by atoms with van der Waals surface area (Å²) >= 11 is 0. The number of benzene rings is 1. The van der Waals surface area contributed by atoms with Crippen LogP contribution >= 0.6 is 0 Å². The molecule has 0 aliphatic carbocycles. The van der Waals surface area contributed by atoms with E-state index in [1.165, 1.54) is 20.3 Å². The number of ether oxygens (including phenoxy) is 3. The van der Waals surface area contributed by atoms with Crippen molar-refractivity contribution in [1.29, 1.82) is 0 Å². The van der Waals surface area contributed by atoms with Crippen LogP contribution in [0.3, 0.4) is 0 Å². The Bertz CT molecular complexity index is 606. The molecule has 0 amide bonds. The van der Waals surface area contributed by atoms with Crippen LogP contribution in [0.15, 0.2) is 67.3 Å². The van der Waals surface area contributed by atoms with Crippen LogP contribution in [-0.2, 0) is 19.1 Å². The molecular weight excluding hydrogens is 324 g/mol. The van der Waals surface area contributed by atoms with Crippen molar-refractivity contribution < 1.29 is 28.9 Å². The zero-order valence-electron chi connectivity index (χ0n) is 14.7. The van der Waals surface area contributed by atoms with Crippen molar-refractivity contribution in [2.75, 3.05) is 14.2 Å². The van der Waals surface area contributed by atoms with Gasteiger partial charge in [-0.3, -0.25) is 0 Å². The Morgan fingerprint density at radius 2 is 1.52 bits per heavy atom. The number of hydrogen-bond acceptors (Lipinski definition) is 6. The van der Waals surface area contributed by atoms with Crippen LogP contribution in [0.2, 0.25) is 0 Å². The van der Waals surface area contributed by atoms with E-state index in [0.29, 0.717) is 11.3 Å². The molecule has 0 aliphatic heterocycles. The van der Waals surface area contributed by atoms with E-state index in [0.717, 1.165) is 0 Å². The predicted molar refractivity (Wildman–Crippen MR) is 95.0 cm³/mol. The van der Waals surface area contributed by atoms with Gasteiger partial charge in [0.25, 0.3) is 0 Å². The lowest BCUT2D eigenvalue weighted by Gasteiger charge is -2.15. The summed E-state index contributed by atoms with van der Waals surface area (Å²) in [5.41, 5.74) is 0.304. The number of aliphatic hydroxyl groups excluding tert-OH is 1. The van der Waals surface area contributed by atoms with E-state index in [1.54, 1.807) is 6.92 Å². The third-order valence-corrected chi connectivity index (χ3v) is 3.02. The first kappa shape index (κ1) is 22.1. The van der Waals surface area contributed by atoms with Gasteiger partial charge in [-0.05, 0) is 19.1 Å². The number of esters is 2. The standard InChI is InChI=1S/C12H14O3.C7H10O3/c1-9(12(13)14-3)10(2)15-11-7-5-4-6-8-11;1-4-6(8)5(2)7(9)10-3/h4-8,10H,1H2,2-3H3;4,6,8H,1-2H2,3H3. The van der Waals surface area contributed by atoms with Gasteiger partial charge in [0.1, 0.15) is 18.0 Å². The average Bonchev–Trinajstić information content (AvgIpc) is 2.65. The lowest BCUT2D eigenvalue weighted by atomic mass is 10.2. The van der Waals surface area contributed by atoms with Crippen LogP contribution in [0.1, 0.15) is 6.92 Å². The molecule has 0 saturated heterocycles. The fourth-order valence-corrected chi connectivity index (χ4v) is 1.47. The van der Waals surface area contributed by atoms with E-state index in [-0.39, 0.29) is 11.7 Å². The summed E-state index contributed by atoms with van der Waals surface area (Å²) in [6.07, 6.45) is -0.188. The number of methoxy groups -OCH3 is 2. The molecule has 2 atom stereocenters. The summed E-state index contributed by atoms with van der Waals surface area (Å²) in [6.45, 7) is 12.0. The first-order chi connectivity index (χ1) is 11.8. The second kappa shape index (κ2) is 11.6. The second-order valence-corrected chi connectivity index (χ2v) is 4.79. The second-order valence-electron chi connectivity index (χ2n) is 4.79. The molecule has 0 fully saturated rings. The number of carbonyl (C=O) groups is 2. The molecule has 0 aliphatic rings. The zero-order chi connectivity index (χ0) is 19.4. The largest absolute Gasteiger partial charge is 0.486 e. The number of carbonyl (C=O) groups excluding carboxylic acids is 2. The lowest BCUT2D eigenvalue weighted by molar-refractivity contribution is -0.137.